The monoisotopic (exact) mass is 161 g/mol. The highest BCUT2D eigenvalue weighted by Gasteiger charge is 1.85. The average molecular weight is 161 g/mol. The van der Waals surface area contributed by atoms with Crippen molar-refractivity contribution in [2.45, 2.75) is 6.92 Å². The van der Waals surface area contributed by atoms with E-state index >= 15 is 0 Å². The van der Waals surface area contributed by atoms with E-state index in [1.807, 2.05) is 19.0 Å². The standard InChI is InChI=1S/C11H15N/c1-9-5-6-11(8-12(3)4)10(2)7-9/h5-8H,2H2,1,3-4H3/b11-8-. The van der Waals surface area contributed by atoms with Gasteiger partial charge in [0.05, 0.1) is 0 Å². The van der Waals surface area contributed by atoms with Gasteiger partial charge in [-0.15, -0.1) is 0 Å². The molecule has 0 saturated heterocycles. The quantitative estimate of drug-likeness (QED) is 0.586. The normalized spacial score (nSPS) is 11.8. The van der Waals surface area contributed by atoms with Gasteiger partial charge in [0.1, 0.15) is 0 Å². The summed E-state index contributed by atoms with van der Waals surface area (Å²) in [4.78, 5) is 2.03. The first kappa shape index (κ1) is 8.85. The van der Waals surface area contributed by atoms with Crippen molar-refractivity contribution in [3.8, 4) is 0 Å². The van der Waals surface area contributed by atoms with Crippen LogP contribution in [0.25, 0.3) is 12.8 Å². The van der Waals surface area contributed by atoms with Crippen LogP contribution >= 0.6 is 0 Å². The molecule has 0 amide bonds. The fourth-order valence-electron chi connectivity index (χ4n) is 1.14. The minimum absolute atomic E-state index is 1.09. The summed E-state index contributed by atoms with van der Waals surface area (Å²) in [6.07, 6.45) is 2.07. The fourth-order valence-corrected chi connectivity index (χ4v) is 1.14. The van der Waals surface area contributed by atoms with Gasteiger partial charge in [-0.3, -0.25) is 0 Å². The van der Waals surface area contributed by atoms with Crippen LogP contribution in [0, 0.1) is 6.92 Å². The molecule has 1 aromatic carbocycles. The molecule has 1 aromatic rings. The Morgan fingerprint density at radius 3 is 2.50 bits per heavy atom. The van der Waals surface area contributed by atoms with E-state index in [1.165, 1.54) is 10.8 Å². The highest BCUT2D eigenvalue weighted by Crippen LogP contribution is 1.85. The van der Waals surface area contributed by atoms with Crippen LogP contribution in [-0.2, 0) is 0 Å². The molecule has 0 unspecified atom stereocenters. The summed E-state index contributed by atoms with van der Waals surface area (Å²) < 4.78 is 0. The van der Waals surface area contributed by atoms with Crippen LogP contribution in [0.5, 0.6) is 0 Å². The topological polar surface area (TPSA) is 3.24 Å². The molecule has 1 rings (SSSR count). The Morgan fingerprint density at radius 2 is 2.00 bits per heavy atom. The van der Waals surface area contributed by atoms with Gasteiger partial charge in [-0.1, -0.05) is 30.3 Å². The van der Waals surface area contributed by atoms with Gasteiger partial charge in [-0.2, -0.15) is 0 Å². The maximum Gasteiger partial charge on any atom is 0.00645 e. The van der Waals surface area contributed by atoms with Gasteiger partial charge in [0.2, 0.25) is 0 Å². The van der Waals surface area contributed by atoms with Crippen molar-refractivity contribution in [2.75, 3.05) is 14.1 Å². The first-order valence-corrected chi connectivity index (χ1v) is 4.03. The molecule has 0 N–H and O–H groups in total. The maximum atomic E-state index is 3.98. The van der Waals surface area contributed by atoms with E-state index in [-0.39, 0.29) is 0 Å². The molecule has 0 heterocycles. The van der Waals surface area contributed by atoms with Crippen LogP contribution in [0.3, 0.4) is 0 Å². The molecule has 1 nitrogen and oxygen atoms in total. The van der Waals surface area contributed by atoms with Crippen molar-refractivity contribution in [3.05, 3.63) is 34.2 Å². The number of hydrogen-bond donors (Lipinski definition) is 0. The van der Waals surface area contributed by atoms with Gasteiger partial charge < -0.3 is 4.90 Å². The Kier molecular flexibility index (Phi) is 2.54. The Bertz CT molecular complexity index is 363. The Balaban J connectivity index is 3.28. The predicted molar refractivity (Wildman–Crippen MR) is 54.1 cm³/mol. The highest BCUT2D eigenvalue weighted by atomic mass is 15.0. The number of hydrogen-bond acceptors (Lipinski definition) is 1. The van der Waals surface area contributed by atoms with E-state index in [0.717, 1.165) is 5.22 Å². The smallest absolute Gasteiger partial charge is 0.00645 e. The van der Waals surface area contributed by atoms with Gasteiger partial charge in [-0.05, 0) is 17.4 Å². The van der Waals surface area contributed by atoms with Crippen molar-refractivity contribution < 1.29 is 0 Å². The molecule has 0 aliphatic carbocycles. The Labute approximate surface area is 73.6 Å². The van der Waals surface area contributed by atoms with Gasteiger partial charge in [0.15, 0.2) is 0 Å². The van der Waals surface area contributed by atoms with Gasteiger partial charge in [0, 0.05) is 20.3 Å². The number of rotatable bonds is 1. The van der Waals surface area contributed by atoms with Crippen molar-refractivity contribution in [1.82, 2.24) is 4.90 Å². The van der Waals surface area contributed by atoms with Crippen LogP contribution in [0.15, 0.2) is 18.2 Å². The third kappa shape index (κ3) is 2.12. The molecule has 0 saturated carbocycles. The third-order valence-corrected chi connectivity index (χ3v) is 1.70. The third-order valence-electron chi connectivity index (χ3n) is 1.70. The van der Waals surface area contributed by atoms with Crippen LogP contribution in [-0.4, -0.2) is 19.0 Å². The zero-order valence-corrected chi connectivity index (χ0v) is 7.96. The Hall–Kier alpha value is -1.24. The van der Waals surface area contributed by atoms with E-state index in [0.29, 0.717) is 0 Å². The highest BCUT2D eigenvalue weighted by molar-refractivity contribution is 5.27. The second-order valence-electron chi connectivity index (χ2n) is 3.29. The van der Waals surface area contributed by atoms with E-state index in [1.54, 1.807) is 0 Å². The molecule has 0 bridgehead atoms. The minimum Gasteiger partial charge on any atom is -0.383 e. The number of nitrogens with zero attached hydrogens (tertiary/aromatic N) is 1. The van der Waals surface area contributed by atoms with Crippen LogP contribution in [0.2, 0.25) is 0 Å². The van der Waals surface area contributed by atoms with Crippen LogP contribution in [0.1, 0.15) is 5.56 Å². The molecule has 0 aromatic heterocycles. The molecule has 0 radical (unpaired) electrons. The van der Waals surface area contributed by atoms with Gasteiger partial charge >= 0.3 is 0 Å². The van der Waals surface area contributed by atoms with Crippen molar-refractivity contribution >= 4 is 12.8 Å². The summed E-state index contributed by atoms with van der Waals surface area (Å²) in [5, 5.41) is 2.27. The number of benzene rings is 1. The lowest BCUT2D eigenvalue weighted by Crippen LogP contribution is -2.25. The molecular formula is C11H15N. The lowest BCUT2D eigenvalue weighted by molar-refractivity contribution is 0.614. The van der Waals surface area contributed by atoms with Crippen LogP contribution in [0.4, 0.5) is 0 Å². The molecule has 0 atom stereocenters. The molecule has 1 heteroatoms. The summed E-state index contributed by atoms with van der Waals surface area (Å²) in [6.45, 7) is 6.05. The largest absolute Gasteiger partial charge is 0.383 e. The van der Waals surface area contributed by atoms with Crippen molar-refractivity contribution in [1.29, 1.82) is 0 Å². The second kappa shape index (κ2) is 3.44. The molecule has 12 heavy (non-hydrogen) atoms. The van der Waals surface area contributed by atoms with Gasteiger partial charge in [-0.25, -0.2) is 0 Å². The summed E-state index contributed by atoms with van der Waals surface area (Å²) in [5.41, 5.74) is 1.26. The molecule has 64 valence electrons. The predicted octanol–water partition coefficient (Wildman–Crippen LogP) is 0.705. The first-order chi connectivity index (χ1) is 5.59. The maximum absolute atomic E-state index is 3.98. The van der Waals surface area contributed by atoms with E-state index < -0.39 is 0 Å². The van der Waals surface area contributed by atoms with Crippen molar-refractivity contribution in [2.24, 2.45) is 0 Å². The minimum atomic E-state index is 1.09. The summed E-state index contributed by atoms with van der Waals surface area (Å²) in [5.74, 6) is 0. The molecular weight excluding hydrogens is 146 g/mol. The Morgan fingerprint density at radius 1 is 1.33 bits per heavy atom. The van der Waals surface area contributed by atoms with Gasteiger partial charge in [0.25, 0.3) is 0 Å². The SMILES string of the molecule is C=c1cc(C)cc/c1=C/N(C)C. The van der Waals surface area contributed by atoms with E-state index in [2.05, 4.69) is 37.9 Å². The van der Waals surface area contributed by atoms with E-state index in [4.69, 9.17) is 0 Å². The summed E-state index contributed by atoms with van der Waals surface area (Å²) >= 11 is 0. The number of aryl methyl sites for hydroxylation is 1. The first-order valence-electron chi connectivity index (χ1n) is 4.03. The van der Waals surface area contributed by atoms with Crippen molar-refractivity contribution in [3.63, 3.8) is 0 Å². The molecule has 0 fully saturated rings. The molecule has 0 aliphatic rings. The lowest BCUT2D eigenvalue weighted by Gasteiger charge is -2.03. The fraction of sp³-hybridized carbons (Fsp3) is 0.273. The zero-order valence-electron chi connectivity index (χ0n) is 7.96. The van der Waals surface area contributed by atoms with Crippen LogP contribution < -0.4 is 10.4 Å². The lowest BCUT2D eigenvalue weighted by atomic mass is 10.2. The zero-order chi connectivity index (χ0) is 9.14. The van der Waals surface area contributed by atoms with E-state index in [9.17, 15) is 0 Å². The molecule has 0 aliphatic heterocycles. The second-order valence-corrected chi connectivity index (χ2v) is 3.29. The summed E-state index contributed by atoms with van der Waals surface area (Å²) in [6, 6.07) is 6.29. The average Bonchev–Trinajstić information content (AvgIpc) is 1.94. The summed E-state index contributed by atoms with van der Waals surface area (Å²) in [7, 11) is 4.03. The molecule has 0 spiro atoms.